The van der Waals surface area contributed by atoms with Crippen LogP contribution in [0.4, 0.5) is 5.69 Å². The van der Waals surface area contributed by atoms with Crippen LogP contribution in [0, 0.1) is 6.92 Å². The molecule has 21 heavy (non-hydrogen) atoms. The first-order chi connectivity index (χ1) is 10.1. The average molecular weight is 292 g/mol. The molecule has 2 N–H and O–H groups in total. The first-order valence-corrected chi connectivity index (χ1v) is 8.04. The molecule has 1 aromatic heterocycles. The molecule has 0 saturated carbocycles. The lowest BCUT2D eigenvalue weighted by molar-refractivity contribution is 0.0496. The maximum absolute atomic E-state index is 11.9. The molecule has 0 spiro atoms. The molecule has 1 heterocycles. The highest BCUT2D eigenvalue weighted by Crippen LogP contribution is 2.12. The van der Waals surface area contributed by atoms with Gasteiger partial charge in [0.05, 0.1) is 29.7 Å². The van der Waals surface area contributed by atoms with E-state index in [2.05, 4.69) is 11.9 Å². The van der Waals surface area contributed by atoms with E-state index < -0.39 is 0 Å². The zero-order valence-corrected chi connectivity index (χ0v) is 13.4. The van der Waals surface area contributed by atoms with Gasteiger partial charge in [0.25, 0.3) is 0 Å². The van der Waals surface area contributed by atoms with E-state index in [0.29, 0.717) is 23.6 Å². The Hall–Kier alpha value is -1.58. The van der Waals surface area contributed by atoms with E-state index >= 15 is 0 Å². The third-order valence-corrected chi connectivity index (χ3v) is 3.56. The average Bonchev–Trinajstić information content (AvgIpc) is 2.48. The van der Waals surface area contributed by atoms with E-state index in [9.17, 15) is 4.79 Å². The molecule has 0 radical (unpaired) electrons. The number of nitrogen functional groups attached to an aromatic ring is 1. The van der Waals surface area contributed by atoms with Crippen molar-refractivity contribution in [1.82, 2.24) is 4.98 Å². The quantitative estimate of drug-likeness (QED) is 0.516. The van der Waals surface area contributed by atoms with Gasteiger partial charge in [-0.1, -0.05) is 51.9 Å². The maximum atomic E-state index is 11.9. The summed E-state index contributed by atoms with van der Waals surface area (Å²) in [5, 5.41) is 0. The lowest BCUT2D eigenvalue weighted by Gasteiger charge is -2.07. The minimum atomic E-state index is -0.324. The summed E-state index contributed by atoms with van der Waals surface area (Å²) < 4.78 is 5.27. The fourth-order valence-corrected chi connectivity index (χ4v) is 2.23. The van der Waals surface area contributed by atoms with Crippen molar-refractivity contribution < 1.29 is 9.53 Å². The highest BCUT2D eigenvalue weighted by molar-refractivity contribution is 5.91. The molecular weight excluding hydrogens is 264 g/mol. The number of hydrogen-bond donors (Lipinski definition) is 1. The molecule has 0 amide bonds. The predicted octanol–water partition coefficient (Wildman–Crippen LogP) is 4.27. The van der Waals surface area contributed by atoms with Crippen LogP contribution in [0.15, 0.2) is 12.3 Å². The van der Waals surface area contributed by atoms with Crippen molar-refractivity contribution >= 4 is 11.7 Å². The van der Waals surface area contributed by atoms with E-state index in [-0.39, 0.29) is 5.97 Å². The Labute approximate surface area is 128 Å². The molecule has 0 saturated heterocycles. The number of carbonyl (C=O) groups excluding carboxylic acids is 1. The minimum Gasteiger partial charge on any atom is -0.462 e. The van der Waals surface area contributed by atoms with Crippen molar-refractivity contribution in [3.63, 3.8) is 0 Å². The van der Waals surface area contributed by atoms with Crippen molar-refractivity contribution in [3.8, 4) is 0 Å². The molecule has 0 unspecified atom stereocenters. The van der Waals surface area contributed by atoms with E-state index in [1.54, 1.807) is 19.2 Å². The Morgan fingerprint density at radius 1 is 1.14 bits per heavy atom. The number of nitrogens with zero attached hydrogens (tertiary/aromatic N) is 1. The number of rotatable bonds is 10. The monoisotopic (exact) mass is 292 g/mol. The third kappa shape index (κ3) is 7.11. The molecule has 0 atom stereocenters. The molecule has 4 heteroatoms. The molecule has 4 nitrogen and oxygen atoms in total. The SMILES string of the molecule is CCCCCCCCCCOC(=O)c1cc(N)cnc1C. The van der Waals surface area contributed by atoms with Gasteiger partial charge in [-0.25, -0.2) is 4.79 Å². The van der Waals surface area contributed by atoms with E-state index in [1.165, 1.54) is 38.5 Å². The highest BCUT2D eigenvalue weighted by Gasteiger charge is 2.11. The molecular formula is C17H28N2O2. The van der Waals surface area contributed by atoms with Crippen molar-refractivity contribution in [1.29, 1.82) is 0 Å². The van der Waals surface area contributed by atoms with Gasteiger partial charge >= 0.3 is 5.97 Å². The van der Waals surface area contributed by atoms with Crippen LogP contribution in [-0.4, -0.2) is 17.6 Å². The van der Waals surface area contributed by atoms with Crippen molar-refractivity contribution in [2.45, 2.75) is 65.2 Å². The summed E-state index contributed by atoms with van der Waals surface area (Å²) in [5.41, 5.74) is 7.25. The Balaban J connectivity index is 2.12. The van der Waals surface area contributed by atoms with Crippen LogP contribution in [0.25, 0.3) is 0 Å². The Morgan fingerprint density at radius 2 is 1.76 bits per heavy atom. The number of pyridine rings is 1. The normalized spacial score (nSPS) is 10.6. The van der Waals surface area contributed by atoms with Crippen LogP contribution < -0.4 is 5.73 Å². The lowest BCUT2D eigenvalue weighted by Crippen LogP contribution is -2.10. The lowest BCUT2D eigenvalue weighted by atomic mass is 10.1. The van der Waals surface area contributed by atoms with Gasteiger partial charge in [0.2, 0.25) is 0 Å². The molecule has 0 bridgehead atoms. The van der Waals surface area contributed by atoms with E-state index in [0.717, 1.165) is 12.8 Å². The summed E-state index contributed by atoms with van der Waals surface area (Å²) in [4.78, 5) is 16.0. The first kappa shape index (κ1) is 17.5. The van der Waals surface area contributed by atoms with Gasteiger partial charge in [0.15, 0.2) is 0 Å². The fourth-order valence-electron chi connectivity index (χ4n) is 2.23. The number of carbonyl (C=O) groups is 1. The summed E-state index contributed by atoms with van der Waals surface area (Å²) in [6, 6.07) is 1.62. The maximum Gasteiger partial charge on any atom is 0.340 e. The fraction of sp³-hybridized carbons (Fsp3) is 0.647. The molecule has 1 aromatic rings. The Morgan fingerprint density at radius 3 is 2.43 bits per heavy atom. The van der Waals surface area contributed by atoms with Crippen LogP contribution in [0.1, 0.15) is 74.3 Å². The number of ether oxygens (including phenoxy) is 1. The molecule has 118 valence electrons. The second-order valence-corrected chi connectivity index (χ2v) is 5.51. The number of hydrogen-bond acceptors (Lipinski definition) is 4. The van der Waals surface area contributed by atoms with Crippen LogP contribution in [0.5, 0.6) is 0 Å². The van der Waals surface area contributed by atoms with Gasteiger partial charge < -0.3 is 10.5 Å². The van der Waals surface area contributed by atoms with Gasteiger partial charge in [0, 0.05) is 0 Å². The number of esters is 1. The van der Waals surface area contributed by atoms with Crippen molar-refractivity contribution in [2.75, 3.05) is 12.3 Å². The van der Waals surface area contributed by atoms with Gasteiger partial charge in [-0.05, 0) is 19.4 Å². The summed E-state index contributed by atoms with van der Waals surface area (Å²) in [5.74, 6) is -0.324. The third-order valence-electron chi connectivity index (χ3n) is 3.56. The van der Waals surface area contributed by atoms with Gasteiger partial charge in [-0.15, -0.1) is 0 Å². The van der Waals surface area contributed by atoms with Crippen LogP contribution in [0.3, 0.4) is 0 Å². The van der Waals surface area contributed by atoms with Gasteiger partial charge in [0.1, 0.15) is 0 Å². The Bertz CT molecular complexity index is 433. The zero-order valence-electron chi connectivity index (χ0n) is 13.4. The highest BCUT2D eigenvalue weighted by atomic mass is 16.5. The zero-order chi connectivity index (χ0) is 15.5. The van der Waals surface area contributed by atoms with Crippen LogP contribution in [-0.2, 0) is 4.74 Å². The van der Waals surface area contributed by atoms with E-state index in [1.807, 2.05) is 0 Å². The van der Waals surface area contributed by atoms with Crippen molar-refractivity contribution in [3.05, 3.63) is 23.5 Å². The first-order valence-electron chi connectivity index (χ1n) is 8.04. The second kappa shape index (κ2) is 10.2. The molecule has 0 aliphatic carbocycles. The number of nitrogens with two attached hydrogens (primary N) is 1. The van der Waals surface area contributed by atoms with Crippen LogP contribution in [0.2, 0.25) is 0 Å². The van der Waals surface area contributed by atoms with E-state index in [4.69, 9.17) is 10.5 Å². The largest absolute Gasteiger partial charge is 0.462 e. The van der Waals surface area contributed by atoms with Gasteiger partial charge in [-0.2, -0.15) is 0 Å². The molecule has 0 aliphatic rings. The predicted molar refractivity (Wildman–Crippen MR) is 86.3 cm³/mol. The summed E-state index contributed by atoms with van der Waals surface area (Å²) >= 11 is 0. The number of aryl methyl sites for hydroxylation is 1. The molecule has 0 aliphatic heterocycles. The summed E-state index contributed by atoms with van der Waals surface area (Å²) in [6.45, 7) is 4.49. The molecule has 0 aromatic carbocycles. The number of anilines is 1. The number of unbranched alkanes of at least 4 members (excludes halogenated alkanes) is 7. The van der Waals surface area contributed by atoms with Gasteiger partial charge in [-0.3, -0.25) is 4.98 Å². The summed E-state index contributed by atoms with van der Waals surface area (Å²) in [6.07, 6.45) is 11.4. The molecule has 1 rings (SSSR count). The minimum absolute atomic E-state index is 0.324. The van der Waals surface area contributed by atoms with Crippen molar-refractivity contribution in [2.24, 2.45) is 0 Å². The summed E-state index contributed by atoms with van der Waals surface area (Å²) in [7, 11) is 0. The second-order valence-electron chi connectivity index (χ2n) is 5.51. The van der Waals surface area contributed by atoms with Crippen LogP contribution >= 0.6 is 0 Å². The number of aromatic nitrogens is 1. The Kier molecular flexibility index (Phi) is 8.48. The topological polar surface area (TPSA) is 65.2 Å². The molecule has 0 fully saturated rings. The smallest absolute Gasteiger partial charge is 0.340 e. The standard InChI is InChI=1S/C17H28N2O2/c1-3-4-5-6-7-8-9-10-11-21-17(20)16-12-15(18)13-19-14(16)2/h12-13H,3-11,18H2,1-2H3.